The molecule has 0 atom stereocenters. The van der Waals surface area contributed by atoms with Gasteiger partial charge in [-0.15, -0.1) is 0 Å². The normalized spacial score (nSPS) is 9.33. The third-order valence-corrected chi connectivity index (χ3v) is 2.17. The molecule has 0 aliphatic heterocycles. The van der Waals surface area contributed by atoms with Crippen LogP contribution in [0.4, 0.5) is 4.39 Å². The molecule has 80 valence electrons. The maximum absolute atomic E-state index is 9.50. The molecular weight excluding hydrogens is 193 g/mol. The van der Waals surface area contributed by atoms with Crippen LogP contribution in [0.3, 0.4) is 0 Å². The average molecular weight is 207 g/mol. The minimum atomic E-state index is 0.500. The lowest BCUT2D eigenvalue weighted by molar-refractivity contribution is 0.636. The number of alkyl halides is 1. The summed E-state index contributed by atoms with van der Waals surface area (Å²) in [6.45, 7) is 4.19. The Hall–Kier alpha value is -1.71. The molecule has 0 N–H and O–H groups in total. The van der Waals surface area contributed by atoms with Crippen molar-refractivity contribution in [3.05, 3.63) is 42.0 Å². The molecule has 2 rings (SSSR count). The van der Waals surface area contributed by atoms with E-state index in [0.717, 1.165) is 5.69 Å². The summed E-state index contributed by atoms with van der Waals surface area (Å²) in [5.41, 5.74) is 3.62. The van der Waals surface area contributed by atoms with Crippen molar-refractivity contribution < 1.29 is 4.39 Å². The van der Waals surface area contributed by atoms with Gasteiger partial charge >= 0.3 is 0 Å². The van der Waals surface area contributed by atoms with Crippen LogP contribution in [0.2, 0.25) is 0 Å². The Morgan fingerprint density at radius 2 is 1.87 bits per heavy atom. The van der Waals surface area contributed by atoms with Crippen LogP contribution in [0.15, 0.2) is 30.9 Å². The molecule has 0 saturated heterocycles. The molecular formula is C11H14FN3. The summed E-state index contributed by atoms with van der Waals surface area (Å²) in [6, 6.07) is 6.23. The maximum Gasteiger partial charge on any atom is 0.138 e. The summed E-state index contributed by atoms with van der Waals surface area (Å²) in [4.78, 5) is 3.90. The van der Waals surface area contributed by atoms with E-state index in [9.17, 15) is 4.39 Å². The van der Waals surface area contributed by atoms with E-state index in [1.54, 1.807) is 11.0 Å². The van der Waals surface area contributed by atoms with Crippen molar-refractivity contribution in [2.24, 2.45) is 0 Å². The van der Waals surface area contributed by atoms with E-state index >= 15 is 0 Å². The fourth-order valence-electron chi connectivity index (χ4n) is 1.21. The van der Waals surface area contributed by atoms with Crippen LogP contribution in [0, 0.1) is 13.8 Å². The predicted octanol–water partition coefficient (Wildman–Crippen LogP) is 2.47. The molecule has 0 radical (unpaired) electrons. The quantitative estimate of drug-likeness (QED) is 0.719. The monoisotopic (exact) mass is 207 g/mol. The van der Waals surface area contributed by atoms with Gasteiger partial charge in [-0.1, -0.05) is 6.07 Å². The van der Waals surface area contributed by atoms with Crippen LogP contribution < -0.4 is 0 Å². The van der Waals surface area contributed by atoms with Gasteiger partial charge in [0.2, 0.25) is 0 Å². The maximum atomic E-state index is 9.50. The van der Waals surface area contributed by atoms with Crippen LogP contribution in [-0.4, -0.2) is 21.9 Å². The number of aryl methyl sites for hydroxylation is 2. The Bertz CT molecular complexity index is 410. The molecule has 1 heterocycles. The third kappa shape index (κ3) is 2.62. The molecule has 0 unspecified atom stereocenters. The Morgan fingerprint density at radius 3 is 2.40 bits per heavy atom. The van der Waals surface area contributed by atoms with Gasteiger partial charge in [0.05, 0.1) is 12.9 Å². The average Bonchev–Trinajstić information content (AvgIpc) is 2.78. The highest BCUT2D eigenvalue weighted by atomic mass is 19.1. The summed E-state index contributed by atoms with van der Waals surface area (Å²) in [5.74, 6) is 0. The highest BCUT2D eigenvalue weighted by Crippen LogP contribution is 2.12. The van der Waals surface area contributed by atoms with Gasteiger partial charge < -0.3 is 0 Å². The minimum Gasteiger partial charge on any atom is -0.255 e. The van der Waals surface area contributed by atoms with Crippen molar-refractivity contribution >= 4 is 0 Å². The summed E-state index contributed by atoms with van der Waals surface area (Å²) >= 11 is 0. The fourth-order valence-corrected chi connectivity index (χ4v) is 1.21. The first kappa shape index (κ1) is 11.4. The second kappa shape index (κ2) is 5.24. The van der Waals surface area contributed by atoms with Gasteiger partial charge in [0.15, 0.2) is 0 Å². The molecule has 0 aliphatic rings. The summed E-state index contributed by atoms with van der Waals surface area (Å²) in [6.07, 6.45) is 3.24. The van der Waals surface area contributed by atoms with Gasteiger partial charge in [-0.3, -0.25) is 4.39 Å². The number of hydrogen-bond acceptors (Lipinski definition) is 2. The first-order valence-corrected chi connectivity index (χ1v) is 4.57. The van der Waals surface area contributed by atoms with E-state index < -0.39 is 0 Å². The zero-order valence-corrected chi connectivity index (χ0v) is 9.11. The minimum absolute atomic E-state index is 0.500. The van der Waals surface area contributed by atoms with Gasteiger partial charge in [-0.25, -0.2) is 9.67 Å². The Kier molecular flexibility index (Phi) is 3.97. The molecule has 0 bridgehead atoms. The van der Waals surface area contributed by atoms with E-state index in [1.165, 1.54) is 17.5 Å². The number of halogens is 1. The molecule has 2 aromatic rings. The van der Waals surface area contributed by atoms with Crippen molar-refractivity contribution in [3.63, 3.8) is 0 Å². The van der Waals surface area contributed by atoms with Crippen LogP contribution in [0.1, 0.15) is 11.1 Å². The smallest absolute Gasteiger partial charge is 0.138 e. The molecule has 0 fully saturated rings. The summed E-state index contributed by atoms with van der Waals surface area (Å²) in [5, 5.41) is 4.06. The molecule has 1 aromatic heterocycles. The second-order valence-electron chi connectivity index (χ2n) is 3.11. The van der Waals surface area contributed by atoms with Crippen LogP contribution in [-0.2, 0) is 0 Å². The fraction of sp³-hybridized carbons (Fsp3) is 0.273. The largest absolute Gasteiger partial charge is 0.255 e. The van der Waals surface area contributed by atoms with Gasteiger partial charge in [-0.05, 0) is 37.1 Å². The first-order valence-electron chi connectivity index (χ1n) is 4.57. The van der Waals surface area contributed by atoms with Gasteiger partial charge in [0, 0.05) is 0 Å². The molecule has 4 heteroatoms. The van der Waals surface area contributed by atoms with E-state index in [0.29, 0.717) is 7.18 Å². The van der Waals surface area contributed by atoms with Crippen molar-refractivity contribution in [3.8, 4) is 5.69 Å². The second-order valence-corrected chi connectivity index (χ2v) is 3.11. The lowest BCUT2D eigenvalue weighted by Crippen LogP contribution is -1.95. The van der Waals surface area contributed by atoms with Gasteiger partial charge in [-0.2, -0.15) is 5.10 Å². The zero-order chi connectivity index (χ0) is 11.3. The third-order valence-electron chi connectivity index (χ3n) is 2.17. The first-order chi connectivity index (χ1) is 7.27. The van der Waals surface area contributed by atoms with E-state index in [1.807, 2.05) is 6.07 Å². The van der Waals surface area contributed by atoms with Crippen molar-refractivity contribution in [1.29, 1.82) is 0 Å². The topological polar surface area (TPSA) is 30.7 Å². The lowest BCUT2D eigenvalue weighted by Gasteiger charge is -2.03. The van der Waals surface area contributed by atoms with Crippen LogP contribution in [0.5, 0.6) is 0 Å². The lowest BCUT2D eigenvalue weighted by atomic mass is 10.1. The number of hydrogen-bond donors (Lipinski definition) is 0. The predicted molar refractivity (Wildman–Crippen MR) is 57.9 cm³/mol. The number of benzene rings is 1. The Morgan fingerprint density at radius 1 is 1.13 bits per heavy atom. The number of rotatable bonds is 1. The molecule has 0 aliphatic carbocycles. The van der Waals surface area contributed by atoms with Gasteiger partial charge in [0.1, 0.15) is 12.7 Å². The Balaban J connectivity index is 0.000000531. The summed E-state index contributed by atoms with van der Waals surface area (Å²) in [7, 11) is 0.500. The highest BCUT2D eigenvalue weighted by molar-refractivity contribution is 5.38. The molecule has 1 aromatic carbocycles. The van der Waals surface area contributed by atoms with E-state index in [4.69, 9.17) is 0 Å². The standard InChI is InChI=1S/C10H11N3.CH3F/c1-8-3-4-10(5-9(8)2)13-7-11-6-12-13;1-2/h3-7H,1-2H3;1H3. The van der Waals surface area contributed by atoms with Crippen LogP contribution in [0.25, 0.3) is 5.69 Å². The van der Waals surface area contributed by atoms with Crippen LogP contribution >= 0.6 is 0 Å². The van der Waals surface area contributed by atoms with E-state index in [-0.39, 0.29) is 0 Å². The molecule has 0 saturated carbocycles. The van der Waals surface area contributed by atoms with Crippen molar-refractivity contribution in [2.45, 2.75) is 13.8 Å². The number of aromatic nitrogens is 3. The SMILES string of the molecule is CF.Cc1ccc(-n2cncn2)cc1C. The molecule has 0 spiro atoms. The van der Waals surface area contributed by atoms with Gasteiger partial charge in [0.25, 0.3) is 0 Å². The number of nitrogens with zero attached hydrogens (tertiary/aromatic N) is 3. The zero-order valence-electron chi connectivity index (χ0n) is 9.11. The van der Waals surface area contributed by atoms with Crippen molar-refractivity contribution in [1.82, 2.24) is 14.8 Å². The molecule has 15 heavy (non-hydrogen) atoms. The highest BCUT2D eigenvalue weighted by Gasteiger charge is 1.98. The van der Waals surface area contributed by atoms with Crippen molar-refractivity contribution in [2.75, 3.05) is 7.18 Å². The Labute approximate surface area is 88.6 Å². The molecule has 0 amide bonds. The summed E-state index contributed by atoms with van der Waals surface area (Å²) < 4.78 is 11.3. The van der Waals surface area contributed by atoms with E-state index in [2.05, 4.69) is 36.1 Å². The molecule has 3 nitrogen and oxygen atoms in total.